The van der Waals surface area contributed by atoms with Crippen LogP contribution in [0.25, 0.3) is 11.1 Å². The number of nitro groups is 1. The van der Waals surface area contributed by atoms with E-state index in [1.54, 1.807) is 23.9 Å². The minimum atomic E-state index is -5.08. The summed E-state index contributed by atoms with van der Waals surface area (Å²) in [6, 6.07) is 37.1. The normalized spacial score (nSPS) is 14.9. The van der Waals surface area contributed by atoms with E-state index in [0.717, 1.165) is 72.4 Å². The number of hydrogen-bond donors (Lipinski definition) is 3. The predicted molar refractivity (Wildman–Crippen MR) is 225 cm³/mol. The van der Waals surface area contributed by atoms with Crippen LogP contribution < -0.4 is 14.9 Å². The molecule has 1 amide bonds. The number of hydrogen-bond acceptors (Lipinski definition) is 11. The molecule has 0 unspecified atom stereocenters. The Kier molecular flexibility index (Phi) is 14.0. The minimum absolute atomic E-state index is 0.195. The number of benzene rings is 5. The summed E-state index contributed by atoms with van der Waals surface area (Å²) in [4.78, 5) is 39.0. The van der Waals surface area contributed by atoms with Crippen LogP contribution in [0.3, 0.4) is 0 Å². The first-order chi connectivity index (χ1) is 29.1. The number of carboxylic acid groups (broad SMARTS) is 1. The number of aryl methyl sites for hydroxylation is 1. The number of aliphatic carboxylic acids is 1. The van der Waals surface area contributed by atoms with Gasteiger partial charge in [-0.2, -0.15) is 18.4 Å². The van der Waals surface area contributed by atoms with Crippen molar-refractivity contribution in [2.45, 2.75) is 41.4 Å². The predicted octanol–water partition coefficient (Wildman–Crippen LogP) is 7.73. The first-order valence-corrected chi connectivity index (χ1v) is 21.4. The number of sulfonamides is 1. The summed E-state index contributed by atoms with van der Waals surface area (Å²) in [5, 5.41) is 31.2. The summed E-state index contributed by atoms with van der Waals surface area (Å²) in [6.45, 7) is 3.77. The van der Waals surface area contributed by atoms with E-state index in [2.05, 4.69) is 44.1 Å². The second kappa shape index (κ2) is 19.3. The topological polar surface area (TPSA) is 186 Å². The van der Waals surface area contributed by atoms with Crippen molar-refractivity contribution in [1.29, 1.82) is 5.26 Å². The number of thioether (sulfide) groups is 1. The number of nitriles is 1. The number of fused-ring (bicyclic) bond motifs is 3. The van der Waals surface area contributed by atoms with Gasteiger partial charge < -0.3 is 15.3 Å². The van der Waals surface area contributed by atoms with Crippen molar-refractivity contribution in [2.75, 3.05) is 42.1 Å². The zero-order valence-corrected chi connectivity index (χ0v) is 34.0. The highest BCUT2D eigenvalue weighted by molar-refractivity contribution is 7.99. The number of carboxylic acids is 1. The third-order valence-electron chi connectivity index (χ3n) is 10.1. The number of piperazine rings is 1. The molecule has 2 heterocycles. The van der Waals surface area contributed by atoms with E-state index in [1.165, 1.54) is 17.7 Å². The van der Waals surface area contributed by atoms with Crippen molar-refractivity contribution in [3.05, 3.63) is 148 Å². The Morgan fingerprint density at radius 3 is 2.34 bits per heavy atom. The van der Waals surface area contributed by atoms with Gasteiger partial charge in [-0.1, -0.05) is 54.6 Å². The van der Waals surface area contributed by atoms with Crippen LogP contribution in [0.2, 0.25) is 0 Å². The first kappa shape index (κ1) is 44.1. The molecule has 0 radical (unpaired) electrons. The van der Waals surface area contributed by atoms with Gasteiger partial charge in [-0.25, -0.2) is 17.9 Å². The number of nitrogens with one attached hydrogen (secondary N) is 2. The van der Waals surface area contributed by atoms with E-state index in [1.807, 2.05) is 66.7 Å². The third-order valence-corrected chi connectivity index (χ3v) is 12.4. The highest BCUT2D eigenvalue weighted by atomic mass is 32.2. The smallest absolute Gasteiger partial charge is 0.475 e. The van der Waals surface area contributed by atoms with Crippen LogP contribution in [-0.4, -0.2) is 79.4 Å². The maximum atomic E-state index is 13.3. The van der Waals surface area contributed by atoms with Crippen molar-refractivity contribution in [3.63, 3.8) is 0 Å². The number of amides is 1. The highest BCUT2D eigenvalue weighted by Crippen LogP contribution is 2.35. The number of carbonyl (C=O) groups excluding carboxylic acids is 1. The summed E-state index contributed by atoms with van der Waals surface area (Å²) in [5.41, 5.74) is 6.13. The van der Waals surface area contributed by atoms with Crippen LogP contribution in [0.4, 0.5) is 30.2 Å². The number of halogens is 3. The fraction of sp³-hybridized carbons (Fsp3) is 0.233. The molecule has 2 aliphatic rings. The molecule has 1 fully saturated rings. The molecule has 0 saturated carbocycles. The van der Waals surface area contributed by atoms with E-state index >= 15 is 0 Å². The lowest BCUT2D eigenvalue weighted by molar-refractivity contribution is -0.384. The molecular formula is C43H39F3N6O7S2. The molecule has 5 aromatic carbocycles. The molecule has 18 heteroatoms. The molecule has 0 spiro atoms. The van der Waals surface area contributed by atoms with Crippen LogP contribution in [-0.2, 0) is 27.8 Å². The molecule has 0 aliphatic carbocycles. The summed E-state index contributed by atoms with van der Waals surface area (Å²) in [5.74, 6) is -2.91. The number of carbonyl (C=O) groups is 2. The summed E-state index contributed by atoms with van der Waals surface area (Å²) in [6.07, 6.45) is -3.45. The van der Waals surface area contributed by atoms with E-state index in [0.29, 0.717) is 23.9 Å². The van der Waals surface area contributed by atoms with Gasteiger partial charge in [-0.15, -0.1) is 11.8 Å². The molecule has 1 saturated heterocycles. The Balaban J connectivity index is 0.000000819. The molecular weight excluding hydrogens is 834 g/mol. The van der Waals surface area contributed by atoms with Crippen LogP contribution in [0.5, 0.6) is 0 Å². The lowest BCUT2D eigenvalue weighted by Crippen LogP contribution is -2.54. The molecule has 0 aromatic heterocycles. The molecule has 3 N–H and O–H groups in total. The lowest BCUT2D eigenvalue weighted by atomic mass is 9.92. The molecule has 5 aromatic rings. The molecule has 13 nitrogen and oxygen atoms in total. The minimum Gasteiger partial charge on any atom is -0.475 e. The van der Waals surface area contributed by atoms with Crippen LogP contribution in [0.15, 0.2) is 125 Å². The lowest BCUT2D eigenvalue weighted by Gasteiger charge is -2.46. The van der Waals surface area contributed by atoms with Crippen molar-refractivity contribution < 1.29 is 41.2 Å². The summed E-state index contributed by atoms with van der Waals surface area (Å²) >= 11 is 1.59. The Bertz CT molecular complexity index is 2550. The van der Waals surface area contributed by atoms with Crippen LogP contribution in [0.1, 0.15) is 33.5 Å². The number of anilines is 2. The van der Waals surface area contributed by atoms with Gasteiger partial charge in [0.1, 0.15) is 5.69 Å². The molecule has 2 aliphatic heterocycles. The number of nitrogens with zero attached hydrogens (tertiary/aromatic N) is 4. The second-order valence-electron chi connectivity index (χ2n) is 14.1. The fourth-order valence-electron chi connectivity index (χ4n) is 7.15. The average Bonchev–Trinajstić information content (AvgIpc) is 3.25. The zero-order chi connectivity index (χ0) is 43.7. The van der Waals surface area contributed by atoms with Gasteiger partial charge in [0.15, 0.2) is 0 Å². The Labute approximate surface area is 354 Å². The van der Waals surface area contributed by atoms with Gasteiger partial charge in [0.25, 0.3) is 21.6 Å². The van der Waals surface area contributed by atoms with Gasteiger partial charge in [0.2, 0.25) is 0 Å². The quantitative estimate of drug-likeness (QED) is 0.0480. The van der Waals surface area contributed by atoms with Crippen molar-refractivity contribution in [1.82, 2.24) is 9.62 Å². The molecule has 7 rings (SSSR count). The maximum absolute atomic E-state index is 13.3. The Hall–Kier alpha value is -6.42. The summed E-state index contributed by atoms with van der Waals surface area (Å²) in [7, 11) is -4.40. The maximum Gasteiger partial charge on any atom is 0.490 e. The van der Waals surface area contributed by atoms with Gasteiger partial charge in [-0.3, -0.25) is 19.8 Å². The molecule has 316 valence electrons. The fourth-order valence-corrected chi connectivity index (χ4v) is 8.94. The van der Waals surface area contributed by atoms with E-state index in [9.17, 15) is 41.8 Å². The number of rotatable bonds is 12. The largest absolute Gasteiger partial charge is 0.490 e. The Morgan fingerprint density at radius 2 is 1.66 bits per heavy atom. The Morgan fingerprint density at radius 1 is 0.951 bits per heavy atom. The summed E-state index contributed by atoms with van der Waals surface area (Å²) < 4.78 is 60.4. The number of nitro benzene ring substituents is 1. The number of alkyl halides is 3. The zero-order valence-electron chi connectivity index (χ0n) is 32.3. The van der Waals surface area contributed by atoms with Crippen molar-refractivity contribution in [2.24, 2.45) is 0 Å². The molecule has 1 atom stereocenters. The van der Waals surface area contributed by atoms with E-state index < -0.39 is 38.7 Å². The van der Waals surface area contributed by atoms with Gasteiger partial charge in [0.05, 0.1) is 21.5 Å². The van der Waals surface area contributed by atoms with Crippen LogP contribution in [0, 0.1) is 21.4 Å². The van der Waals surface area contributed by atoms with Gasteiger partial charge in [-0.05, 0) is 89.7 Å². The van der Waals surface area contributed by atoms with Crippen molar-refractivity contribution in [3.8, 4) is 17.2 Å². The van der Waals surface area contributed by atoms with Crippen molar-refractivity contribution >= 4 is 50.7 Å². The third kappa shape index (κ3) is 11.2. The van der Waals surface area contributed by atoms with Gasteiger partial charge >= 0.3 is 12.1 Å². The van der Waals surface area contributed by atoms with Gasteiger partial charge in [0, 0.05) is 66.7 Å². The highest BCUT2D eigenvalue weighted by Gasteiger charge is 2.38. The standard InChI is InChI=1S/C41H38N6O5S2.C2HF3O2/c42-26-29-10-12-30(13-11-29)37-9-5-4-6-33(37)27-45-21-22-46-34(28-45)16-14-31-24-32(15-19-39(31)46)41(48)44-54(51,52)36-17-18-38(40(25-36)47(49)50)43-20-23-53-35-7-2-1-3-8-35;3-2(4,5)1(6)7/h1-13,15,17-19,24-25,34,43H,14,16,20-23,27-28H2,(H,44,48);(H,6,7)/t34-;/m0./s1. The molecule has 0 bridgehead atoms. The van der Waals surface area contributed by atoms with Crippen LogP contribution >= 0.6 is 11.8 Å². The van der Waals surface area contributed by atoms with E-state index in [4.69, 9.17) is 9.90 Å². The average molecular weight is 873 g/mol. The van der Waals surface area contributed by atoms with E-state index in [-0.39, 0.29) is 16.1 Å². The monoisotopic (exact) mass is 872 g/mol. The second-order valence-corrected chi connectivity index (χ2v) is 16.9. The first-order valence-electron chi connectivity index (χ1n) is 18.9. The SMILES string of the molecule is N#Cc1ccc(-c2ccccc2CN2CCN3c4ccc(C(=O)NS(=O)(=O)c5ccc(NCCSc6ccccc6)c([N+](=O)[O-])c5)cc4CC[C@H]3C2)cc1.O=C(O)C(F)(F)F. The molecule has 61 heavy (non-hydrogen) atoms.